The first-order valence-corrected chi connectivity index (χ1v) is 6.33. The van der Waals surface area contributed by atoms with Gasteiger partial charge in [-0.25, -0.2) is 8.42 Å². The molecule has 1 unspecified atom stereocenters. The number of carbonyl (C=O) groups is 1. The number of hydrogen-bond acceptors (Lipinski definition) is 4. The molecule has 0 spiro atoms. The molecule has 0 aliphatic rings. The maximum absolute atomic E-state index is 11.5. The minimum absolute atomic E-state index is 0.179. The van der Waals surface area contributed by atoms with Crippen molar-refractivity contribution in [2.75, 3.05) is 12.9 Å². The molecule has 0 aliphatic carbocycles. The van der Waals surface area contributed by atoms with E-state index in [1.165, 1.54) is 14.0 Å². The van der Waals surface area contributed by atoms with Gasteiger partial charge in [-0.15, -0.1) is 0 Å². The summed E-state index contributed by atoms with van der Waals surface area (Å²) in [6.45, 7) is 4.69. The molecule has 0 fully saturated rings. The van der Waals surface area contributed by atoms with Crippen LogP contribution in [0, 0.1) is 0 Å². The molecular formula is C9H18O5S. The van der Waals surface area contributed by atoms with E-state index in [2.05, 4.69) is 0 Å². The zero-order valence-electron chi connectivity index (χ0n) is 9.48. The molecular weight excluding hydrogens is 220 g/mol. The fourth-order valence-electron chi connectivity index (χ4n) is 0.820. The van der Waals surface area contributed by atoms with Crippen LogP contribution in [0.25, 0.3) is 0 Å². The smallest absolute Gasteiger partial charge is 0.321 e. The molecule has 0 saturated heterocycles. The summed E-state index contributed by atoms with van der Waals surface area (Å²) in [5, 5.41) is 7.24. The Balaban J connectivity index is 4.48. The molecule has 5 nitrogen and oxygen atoms in total. The maximum atomic E-state index is 11.5. The average molecular weight is 238 g/mol. The van der Waals surface area contributed by atoms with Crippen molar-refractivity contribution in [2.45, 2.75) is 38.0 Å². The quantitative estimate of drug-likeness (QED) is 0.736. The standard InChI is InChI=1S/C9H18O5S/c1-7(8(10)11)15(12,13)6-5-9(2,3)14-4/h7H,5-6H2,1-4H3,(H,10,11). The zero-order valence-corrected chi connectivity index (χ0v) is 10.3. The van der Waals surface area contributed by atoms with Crippen molar-refractivity contribution in [1.29, 1.82) is 0 Å². The molecule has 0 aromatic carbocycles. The Morgan fingerprint density at radius 3 is 2.27 bits per heavy atom. The van der Waals surface area contributed by atoms with E-state index in [1.807, 2.05) is 0 Å². The Bertz CT molecular complexity index is 317. The van der Waals surface area contributed by atoms with E-state index in [0.29, 0.717) is 0 Å². The number of carboxylic acids is 1. The van der Waals surface area contributed by atoms with Crippen LogP contribution in [0.2, 0.25) is 0 Å². The van der Waals surface area contributed by atoms with E-state index < -0.39 is 26.7 Å². The van der Waals surface area contributed by atoms with E-state index >= 15 is 0 Å². The Morgan fingerprint density at radius 2 is 1.93 bits per heavy atom. The van der Waals surface area contributed by atoms with Gasteiger partial charge in [0.05, 0.1) is 11.4 Å². The summed E-state index contributed by atoms with van der Waals surface area (Å²) in [5.41, 5.74) is -0.550. The maximum Gasteiger partial charge on any atom is 0.321 e. The predicted molar refractivity (Wildman–Crippen MR) is 56.6 cm³/mol. The molecule has 1 N–H and O–H groups in total. The molecule has 0 saturated carbocycles. The lowest BCUT2D eigenvalue weighted by Gasteiger charge is -2.22. The van der Waals surface area contributed by atoms with Gasteiger partial charge >= 0.3 is 5.97 Å². The first-order valence-electron chi connectivity index (χ1n) is 4.62. The second-order valence-electron chi connectivity index (χ2n) is 4.06. The lowest BCUT2D eigenvalue weighted by Crippen LogP contribution is -2.33. The summed E-state index contributed by atoms with van der Waals surface area (Å²) < 4.78 is 28.1. The number of sulfone groups is 1. The number of aliphatic carboxylic acids is 1. The lowest BCUT2D eigenvalue weighted by molar-refractivity contribution is -0.136. The van der Waals surface area contributed by atoms with Crippen molar-refractivity contribution in [3.63, 3.8) is 0 Å². The van der Waals surface area contributed by atoms with E-state index in [1.54, 1.807) is 13.8 Å². The van der Waals surface area contributed by atoms with Crippen molar-refractivity contribution in [2.24, 2.45) is 0 Å². The van der Waals surface area contributed by atoms with Crippen LogP contribution >= 0.6 is 0 Å². The predicted octanol–water partition coefficient (Wildman–Crippen LogP) is 0.689. The van der Waals surface area contributed by atoms with Crippen LogP contribution in [-0.4, -0.2) is 43.2 Å². The first-order chi connectivity index (χ1) is 6.62. The van der Waals surface area contributed by atoms with E-state index in [4.69, 9.17) is 9.84 Å². The number of rotatable bonds is 6. The molecule has 15 heavy (non-hydrogen) atoms. The summed E-state index contributed by atoms with van der Waals surface area (Å²) in [6, 6.07) is 0. The van der Waals surface area contributed by atoms with Gasteiger partial charge in [-0.05, 0) is 27.2 Å². The summed E-state index contributed by atoms with van der Waals surface area (Å²) in [7, 11) is -2.09. The first kappa shape index (κ1) is 14.4. The third-order valence-electron chi connectivity index (χ3n) is 2.43. The zero-order chi connectivity index (χ0) is 12.3. The second-order valence-corrected chi connectivity index (χ2v) is 6.50. The van der Waals surface area contributed by atoms with Gasteiger partial charge in [0.15, 0.2) is 15.1 Å². The molecule has 0 heterocycles. The van der Waals surface area contributed by atoms with Crippen LogP contribution in [-0.2, 0) is 19.4 Å². The van der Waals surface area contributed by atoms with Crippen LogP contribution < -0.4 is 0 Å². The molecule has 0 bridgehead atoms. The van der Waals surface area contributed by atoms with Crippen LogP contribution in [0.4, 0.5) is 0 Å². The van der Waals surface area contributed by atoms with Gasteiger partial charge in [-0.3, -0.25) is 4.79 Å². The topological polar surface area (TPSA) is 80.7 Å². The van der Waals surface area contributed by atoms with Crippen molar-refractivity contribution in [3.05, 3.63) is 0 Å². The van der Waals surface area contributed by atoms with E-state index in [-0.39, 0.29) is 12.2 Å². The summed E-state index contributed by atoms with van der Waals surface area (Å²) in [4.78, 5) is 10.5. The van der Waals surface area contributed by atoms with Crippen molar-refractivity contribution < 1.29 is 23.1 Å². The van der Waals surface area contributed by atoms with Gasteiger partial charge in [0.25, 0.3) is 0 Å². The largest absolute Gasteiger partial charge is 0.480 e. The highest BCUT2D eigenvalue weighted by molar-refractivity contribution is 7.92. The van der Waals surface area contributed by atoms with Crippen LogP contribution in [0.15, 0.2) is 0 Å². The van der Waals surface area contributed by atoms with Crippen LogP contribution in [0.1, 0.15) is 27.2 Å². The Hall–Kier alpha value is -0.620. The second kappa shape index (κ2) is 4.94. The molecule has 0 aromatic heterocycles. The molecule has 0 aromatic rings. The fourth-order valence-corrected chi connectivity index (χ4v) is 2.26. The third-order valence-corrected chi connectivity index (χ3v) is 4.48. The van der Waals surface area contributed by atoms with E-state index in [9.17, 15) is 13.2 Å². The summed E-state index contributed by atoms with van der Waals surface area (Å²) in [6.07, 6.45) is 0.281. The molecule has 1 atom stereocenters. The van der Waals surface area contributed by atoms with Gasteiger partial charge in [-0.1, -0.05) is 0 Å². The van der Waals surface area contributed by atoms with Gasteiger partial charge in [0.2, 0.25) is 0 Å². The fraction of sp³-hybridized carbons (Fsp3) is 0.889. The number of ether oxygens (including phenoxy) is 1. The monoisotopic (exact) mass is 238 g/mol. The van der Waals surface area contributed by atoms with Gasteiger partial charge < -0.3 is 9.84 Å². The summed E-state index contributed by atoms with van der Waals surface area (Å²) >= 11 is 0. The number of methoxy groups -OCH3 is 1. The highest BCUT2D eigenvalue weighted by Gasteiger charge is 2.29. The minimum Gasteiger partial charge on any atom is -0.480 e. The van der Waals surface area contributed by atoms with Gasteiger partial charge in [0, 0.05) is 7.11 Å². The molecule has 90 valence electrons. The van der Waals surface area contributed by atoms with Crippen LogP contribution in [0.5, 0.6) is 0 Å². The Labute approximate surface area is 90.4 Å². The summed E-state index contributed by atoms with van der Waals surface area (Å²) in [5.74, 6) is -1.49. The Morgan fingerprint density at radius 1 is 1.47 bits per heavy atom. The number of carboxylic acid groups (broad SMARTS) is 1. The highest BCUT2D eigenvalue weighted by Crippen LogP contribution is 2.16. The normalized spacial score (nSPS) is 14.9. The molecule has 0 rings (SSSR count). The van der Waals surface area contributed by atoms with Crippen molar-refractivity contribution >= 4 is 15.8 Å². The number of hydrogen-bond donors (Lipinski definition) is 1. The molecule has 0 amide bonds. The highest BCUT2D eigenvalue weighted by atomic mass is 32.2. The third kappa shape index (κ3) is 4.61. The van der Waals surface area contributed by atoms with Crippen molar-refractivity contribution in [1.82, 2.24) is 0 Å². The molecule has 0 radical (unpaired) electrons. The minimum atomic E-state index is -3.58. The Kier molecular flexibility index (Phi) is 4.73. The van der Waals surface area contributed by atoms with Gasteiger partial charge in [-0.2, -0.15) is 0 Å². The van der Waals surface area contributed by atoms with Gasteiger partial charge in [0.1, 0.15) is 0 Å². The molecule has 6 heteroatoms. The van der Waals surface area contributed by atoms with Crippen molar-refractivity contribution in [3.8, 4) is 0 Å². The SMILES string of the molecule is COC(C)(C)CCS(=O)(=O)C(C)C(=O)O. The van der Waals surface area contributed by atoms with Crippen LogP contribution in [0.3, 0.4) is 0 Å². The van der Waals surface area contributed by atoms with E-state index in [0.717, 1.165) is 0 Å². The lowest BCUT2D eigenvalue weighted by atomic mass is 10.1. The average Bonchev–Trinajstić information content (AvgIpc) is 2.14. The molecule has 0 aliphatic heterocycles.